The predicted octanol–water partition coefficient (Wildman–Crippen LogP) is 4.06. The van der Waals surface area contributed by atoms with Gasteiger partial charge in [-0.15, -0.1) is 0 Å². The lowest BCUT2D eigenvalue weighted by Gasteiger charge is -2.12. The molecule has 0 atom stereocenters. The molecule has 0 aliphatic heterocycles. The molecule has 0 unspecified atom stereocenters. The number of halogens is 2. The van der Waals surface area contributed by atoms with Gasteiger partial charge in [0.15, 0.2) is 0 Å². The molecule has 0 saturated heterocycles. The van der Waals surface area contributed by atoms with E-state index < -0.39 is 11.6 Å². The first-order chi connectivity index (χ1) is 8.52. The van der Waals surface area contributed by atoms with Crippen molar-refractivity contribution in [3.8, 4) is 11.1 Å². The minimum Gasteiger partial charge on any atom is -0.298 e. The SMILES string of the molecule is Cc1cc(C=O)cc(C)c1-c1ccc(F)cc1F. The molecule has 0 fully saturated rings. The van der Waals surface area contributed by atoms with E-state index in [1.165, 1.54) is 12.1 Å². The smallest absolute Gasteiger partial charge is 0.150 e. The first-order valence-electron chi connectivity index (χ1n) is 5.55. The van der Waals surface area contributed by atoms with Gasteiger partial charge in [-0.05, 0) is 54.8 Å². The topological polar surface area (TPSA) is 17.1 Å². The highest BCUT2D eigenvalue weighted by Gasteiger charge is 2.12. The molecule has 0 radical (unpaired) electrons. The third-order valence-corrected chi connectivity index (χ3v) is 2.89. The second-order valence-corrected chi connectivity index (χ2v) is 4.27. The Morgan fingerprint density at radius 2 is 1.61 bits per heavy atom. The van der Waals surface area contributed by atoms with Crippen LogP contribution < -0.4 is 0 Å². The van der Waals surface area contributed by atoms with Crippen molar-refractivity contribution in [2.75, 3.05) is 0 Å². The molecule has 0 N–H and O–H groups in total. The maximum atomic E-state index is 13.8. The fraction of sp³-hybridized carbons (Fsp3) is 0.133. The largest absolute Gasteiger partial charge is 0.298 e. The van der Waals surface area contributed by atoms with Crippen molar-refractivity contribution < 1.29 is 13.6 Å². The fourth-order valence-corrected chi connectivity index (χ4v) is 2.18. The van der Waals surface area contributed by atoms with E-state index in [1.807, 2.05) is 0 Å². The van der Waals surface area contributed by atoms with Gasteiger partial charge in [-0.25, -0.2) is 8.78 Å². The number of aryl methyl sites for hydroxylation is 2. The minimum absolute atomic E-state index is 0.351. The van der Waals surface area contributed by atoms with E-state index in [9.17, 15) is 13.6 Å². The predicted molar refractivity (Wildman–Crippen MR) is 66.7 cm³/mol. The van der Waals surface area contributed by atoms with E-state index in [0.717, 1.165) is 23.5 Å². The van der Waals surface area contributed by atoms with Gasteiger partial charge in [0.2, 0.25) is 0 Å². The second-order valence-electron chi connectivity index (χ2n) is 4.27. The standard InChI is InChI=1S/C15H12F2O/c1-9-5-11(8-18)6-10(2)15(9)13-4-3-12(16)7-14(13)17/h3-8H,1-2H3. The highest BCUT2D eigenvalue weighted by molar-refractivity contribution is 5.80. The zero-order valence-electron chi connectivity index (χ0n) is 10.1. The van der Waals surface area contributed by atoms with Crippen molar-refractivity contribution in [2.24, 2.45) is 0 Å². The summed E-state index contributed by atoms with van der Waals surface area (Å²) in [4.78, 5) is 10.7. The summed E-state index contributed by atoms with van der Waals surface area (Å²) in [5.74, 6) is -1.20. The zero-order chi connectivity index (χ0) is 13.3. The van der Waals surface area contributed by atoms with E-state index >= 15 is 0 Å². The number of benzene rings is 2. The van der Waals surface area contributed by atoms with Crippen molar-refractivity contribution in [2.45, 2.75) is 13.8 Å². The summed E-state index contributed by atoms with van der Waals surface area (Å²) in [5.41, 5.74) is 3.20. The Morgan fingerprint density at radius 3 is 2.11 bits per heavy atom. The van der Waals surface area contributed by atoms with Crippen molar-refractivity contribution in [3.05, 3.63) is 58.7 Å². The van der Waals surface area contributed by atoms with Crippen molar-refractivity contribution in [3.63, 3.8) is 0 Å². The van der Waals surface area contributed by atoms with E-state index in [4.69, 9.17) is 0 Å². The van der Waals surface area contributed by atoms with Crippen LogP contribution in [0.25, 0.3) is 11.1 Å². The highest BCUT2D eigenvalue weighted by Crippen LogP contribution is 2.30. The molecule has 0 spiro atoms. The molecular formula is C15H12F2O. The Morgan fingerprint density at radius 1 is 1.00 bits per heavy atom. The molecule has 0 heterocycles. The number of carbonyl (C=O) groups excluding carboxylic acids is 1. The first kappa shape index (κ1) is 12.4. The van der Waals surface area contributed by atoms with Crippen LogP contribution in [0.4, 0.5) is 8.78 Å². The number of hydrogen-bond donors (Lipinski definition) is 0. The zero-order valence-corrected chi connectivity index (χ0v) is 10.1. The van der Waals surface area contributed by atoms with Crippen LogP contribution in [0.1, 0.15) is 21.5 Å². The van der Waals surface area contributed by atoms with Crippen LogP contribution in [0.15, 0.2) is 30.3 Å². The average molecular weight is 246 g/mol. The molecule has 0 aromatic heterocycles. The van der Waals surface area contributed by atoms with Crippen molar-refractivity contribution in [1.82, 2.24) is 0 Å². The Kier molecular flexibility index (Phi) is 3.24. The van der Waals surface area contributed by atoms with Crippen LogP contribution in [0.2, 0.25) is 0 Å². The summed E-state index contributed by atoms with van der Waals surface area (Å²) in [6.07, 6.45) is 0.755. The van der Waals surface area contributed by atoms with Crippen LogP contribution in [0, 0.1) is 25.5 Å². The van der Waals surface area contributed by atoms with Gasteiger partial charge in [-0.1, -0.05) is 0 Å². The molecular weight excluding hydrogens is 234 g/mol. The summed E-state index contributed by atoms with van der Waals surface area (Å²) >= 11 is 0. The quantitative estimate of drug-likeness (QED) is 0.730. The normalized spacial score (nSPS) is 10.4. The van der Waals surface area contributed by atoms with Gasteiger partial charge < -0.3 is 0 Å². The Bertz CT molecular complexity index is 595. The summed E-state index contributed by atoms with van der Waals surface area (Å²) in [5, 5.41) is 0. The minimum atomic E-state index is -0.601. The highest BCUT2D eigenvalue weighted by atomic mass is 19.1. The van der Waals surface area contributed by atoms with Gasteiger partial charge in [0.25, 0.3) is 0 Å². The van der Waals surface area contributed by atoms with Gasteiger partial charge >= 0.3 is 0 Å². The fourth-order valence-electron chi connectivity index (χ4n) is 2.18. The van der Waals surface area contributed by atoms with Gasteiger partial charge in [0.1, 0.15) is 17.9 Å². The van der Waals surface area contributed by atoms with Gasteiger partial charge in [0.05, 0.1) is 0 Å². The van der Waals surface area contributed by atoms with E-state index in [0.29, 0.717) is 16.7 Å². The van der Waals surface area contributed by atoms with Crippen molar-refractivity contribution >= 4 is 6.29 Å². The lowest BCUT2D eigenvalue weighted by atomic mass is 9.93. The number of carbonyl (C=O) groups is 1. The number of rotatable bonds is 2. The van der Waals surface area contributed by atoms with Gasteiger partial charge in [-0.3, -0.25) is 4.79 Å². The molecule has 18 heavy (non-hydrogen) atoms. The molecule has 2 rings (SSSR count). The molecule has 2 aromatic rings. The third-order valence-electron chi connectivity index (χ3n) is 2.89. The van der Waals surface area contributed by atoms with Crippen molar-refractivity contribution in [1.29, 1.82) is 0 Å². The number of hydrogen-bond acceptors (Lipinski definition) is 1. The molecule has 0 aliphatic rings. The molecule has 2 aromatic carbocycles. The summed E-state index contributed by atoms with van der Waals surface area (Å²) in [6, 6.07) is 6.89. The van der Waals surface area contributed by atoms with E-state index in [2.05, 4.69) is 0 Å². The molecule has 0 saturated carbocycles. The van der Waals surface area contributed by atoms with Crippen LogP contribution in [-0.4, -0.2) is 6.29 Å². The number of aldehydes is 1. The molecule has 0 bridgehead atoms. The van der Waals surface area contributed by atoms with Gasteiger partial charge in [-0.2, -0.15) is 0 Å². The summed E-state index contributed by atoms with van der Waals surface area (Å²) in [6.45, 7) is 3.61. The Balaban J connectivity index is 2.67. The Labute approximate surface area is 104 Å². The summed E-state index contributed by atoms with van der Waals surface area (Å²) in [7, 11) is 0. The van der Waals surface area contributed by atoms with Crippen LogP contribution in [0.3, 0.4) is 0 Å². The maximum absolute atomic E-state index is 13.8. The first-order valence-corrected chi connectivity index (χ1v) is 5.55. The molecule has 92 valence electrons. The van der Waals surface area contributed by atoms with E-state index in [-0.39, 0.29) is 0 Å². The summed E-state index contributed by atoms with van der Waals surface area (Å²) < 4.78 is 26.7. The Hall–Kier alpha value is -2.03. The molecule has 1 nitrogen and oxygen atoms in total. The lowest BCUT2D eigenvalue weighted by molar-refractivity contribution is 0.112. The van der Waals surface area contributed by atoms with E-state index in [1.54, 1.807) is 26.0 Å². The second kappa shape index (κ2) is 4.69. The van der Waals surface area contributed by atoms with Gasteiger partial charge in [0, 0.05) is 17.2 Å². The van der Waals surface area contributed by atoms with Crippen LogP contribution in [0.5, 0.6) is 0 Å². The lowest BCUT2D eigenvalue weighted by Crippen LogP contribution is -1.95. The molecule has 0 amide bonds. The molecule has 0 aliphatic carbocycles. The third kappa shape index (κ3) is 2.16. The monoisotopic (exact) mass is 246 g/mol. The molecule has 3 heteroatoms. The average Bonchev–Trinajstić information content (AvgIpc) is 2.30. The maximum Gasteiger partial charge on any atom is 0.150 e. The van der Waals surface area contributed by atoms with Crippen LogP contribution in [-0.2, 0) is 0 Å². The van der Waals surface area contributed by atoms with Crippen LogP contribution >= 0.6 is 0 Å².